The molecule has 202 valence electrons. The van der Waals surface area contributed by atoms with Gasteiger partial charge in [0.2, 0.25) is 0 Å². The first-order valence-corrected chi connectivity index (χ1v) is 14.2. The monoisotopic (exact) mass is 571 g/mol. The molecule has 8 nitrogen and oxygen atoms in total. The van der Waals surface area contributed by atoms with Crippen molar-refractivity contribution in [1.82, 2.24) is 4.57 Å². The van der Waals surface area contributed by atoms with Gasteiger partial charge in [-0.15, -0.1) is 11.3 Å². The normalized spacial score (nSPS) is 14.8. The molecule has 1 aliphatic rings. The number of ether oxygens (including phenoxy) is 3. The molecule has 2 aromatic heterocycles. The minimum Gasteiger partial charge on any atom is -0.493 e. The number of carbonyl (C=O) groups excluding carboxylic acids is 1. The van der Waals surface area contributed by atoms with Crippen LogP contribution in [0.3, 0.4) is 0 Å². The Morgan fingerprint density at radius 3 is 2.73 bits per heavy atom. The Morgan fingerprint density at radius 2 is 2.00 bits per heavy atom. The molecular weight excluding hydrogens is 546 g/mol. The van der Waals surface area contributed by atoms with Gasteiger partial charge in [0.1, 0.15) is 12.6 Å². The SMILES string of the molecule is CCOC(=O)C1=C(C)N=c2s/c(=C\c3cccc(OC)c3OCc3ccccc3C#N)c(=O)n2[C@@H]1c1cccs1. The number of nitriles is 1. The van der Waals surface area contributed by atoms with Crippen LogP contribution in [-0.2, 0) is 16.1 Å². The van der Waals surface area contributed by atoms with Crippen molar-refractivity contribution in [2.24, 2.45) is 4.99 Å². The molecule has 0 N–H and O–H groups in total. The fourth-order valence-electron chi connectivity index (χ4n) is 4.52. The van der Waals surface area contributed by atoms with Crippen molar-refractivity contribution in [2.45, 2.75) is 26.5 Å². The molecule has 0 saturated heterocycles. The fourth-order valence-corrected chi connectivity index (χ4v) is 6.38. The van der Waals surface area contributed by atoms with Crippen LogP contribution in [0.15, 0.2) is 81.0 Å². The van der Waals surface area contributed by atoms with E-state index in [1.165, 1.54) is 22.7 Å². The summed E-state index contributed by atoms with van der Waals surface area (Å²) in [5.41, 5.74) is 2.48. The van der Waals surface area contributed by atoms with E-state index in [-0.39, 0.29) is 18.8 Å². The minimum atomic E-state index is -0.638. The number of hydrogen-bond donors (Lipinski definition) is 0. The van der Waals surface area contributed by atoms with Gasteiger partial charge in [-0.1, -0.05) is 47.7 Å². The average Bonchev–Trinajstić information content (AvgIpc) is 3.60. The zero-order chi connectivity index (χ0) is 28.2. The zero-order valence-electron chi connectivity index (χ0n) is 22.0. The molecule has 40 heavy (non-hydrogen) atoms. The van der Waals surface area contributed by atoms with Gasteiger partial charge >= 0.3 is 5.97 Å². The van der Waals surface area contributed by atoms with Crippen molar-refractivity contribution < 1.29 is 19.0 Å². The van der Waals surface area contributed by atoms with E-state index in [1.807, 2.05) is 41.8 Å². The minimum absolute atomic E-state index is 0.146. The summed E-state index contributed by atoms with van der Waals surface area (Å²) in [5, 5.41) is 11.4. The summed E-state index contributed by atoms with van der Waals surface area (Å²) < 4.78 is 19.1. The number of thiophene rings is 1. The highest BCUT2D eigenvalue weighted by molar-refractivity contribution is 7.10. The van der Waals surface area contributed by atoms with E-state index in [0.29, 0.717) is 43.2 Å². The predicted octanol–water partition coefficient (Wildman–Crippen LogP) is 4.32. The number of fused-ring (bicyclic) bond motifs is 1. The van der Waals surface area contributed by atoms with Crippen LogP contribution in [-0.4, -0.2) is 24.3 Å². The number of rotatable bonds is 8. The second kappa shape index (κ2) is 11.7. The summed E-state index contributed by atoms with van der Waals surface area (Å²) in [6, 6.07) is 18.0. The van der Waals surface area contributed by atoms with E-state index in [2.05, 4.69) is 11.1 Å². The molecule has 2 aromatic carbocycles. The van der Waals surface area contributed by atoms with Crippen LogP contribution in [0, 0.1) is 11.3 Å². The molecule has 1 aliphatic heterocycles. The Kier molecular flexibility index (Phi) is 7.96. The molecule has 0 bridgehead atoms. The van der Waals surface area contributed by atoms with Crippen LogP contribution < -0.4 is 24.4 Å². The number of carbonyl (C=O) groups is 1. The molecular formula is C30H25N3O5S2. The molecule has 10 heteroatoms. The lowest BCUT2D eigenvalue weighted by atomic mass is 10.0. The molecule has 0 spiro atoms. The number of methoxy groups -OCH3 is 1. The standard InChI is InChI=1S/C30H25N3O5S2/c1-4-37-29(35)25-18(2)32-30-33(26(25)23-13-8-14-39-23)28(34)24(40-30)15-19-11-7-12-22(36-3)27(19)38-17-21-10-6-5-9-20(21)16-31/h5-15,26H,4,17H2,1-3H3/b24-15-/t26-/m1/s1. The zero-order valence-corrected chi connectivity index (χ0v) is 23.7. The van der Waals surface area contributed by atoms with Crippen LogP contribution in [0.5, 0.6) is 11.5 Å². The fraction of sp³-hybridized carbons (Fsp3) is 0.200. The van der Waals surface area contributed by atoms with E-state index in [9.17, 15) is 14.9 Å². The third kappa shape index (κ3) is 5.09. The Balaban J connectivity index is 1.62. The van der Waals surface area contributed by atoms with Crippen molar-refractivity contribution in [3.05, 3.63) is 113 Å². The Labute approximate surface area is 238 Å². The topological polar surface area (TPSA) is 103 Å². The Morgan fingerprint density at radius 1 is 1.18 bits per heavy atom. The Hall–Kier alpha value is -4.46. The van der Waals surface area contributed by atoms with Crippen LogP contribution >= 0.6 is 22.7 Å². The molecule has 5 rings (SSSR count). The van der Waals surface area contributed by atoms with E-state index >= 15 is 0 Å². The molecule has 3 heterocycles. The summed E-state index contributed by atoms with van der Waals surface area (Å²) in [5.74, 6) is 0.451. The van der Waals surface area contributed by atoms with Crippen LogP contribution in [0.2, 0.25) is 0 Å². The van der Waals surface area contributed by atoms with Crippen molar-refractivity contribution in [3.63, 3.8) is 0 Å². The van der Waals surface area contributed by atoms with Gasteiger partial charge in [0.15, 0.2) is 16.3 Å². The molecule has 4 aromatic rings. The van der Waals surface area contributed by atoms with Crippen LogP contribution in [0.4, 0.5) is 0 Å². The first-order chi connectivity index (χ1) is 19.5. The first-order valence-electron chi connectivity index (χ1n) is 12.5. The van der Waals surface area contributed by atoms with Gasteiger partial charge in [-0.3, -0.25) is 9.36 Å². The molecule has 0 fully saturated rings. The van der Waals surface area contributed by atoms with Crippen molar-refractivity contribution in [1.29, 1.82) is 5.26 Å². The second-order valence-corrected chi connectivity index (χ2v) is 10.7. The van der Waals surface area contributed by atoms with Gasteiger partial charge in [0, 0.05) is 16.0 Å². The second-order valence-electron chi connectivity index (χ2n) is 8.75. The number of aromatic nitrogens is 1. The quantitative estimate of drug-likeness (QED) is 0.292. The number of thiazole rings is 1. The number of hydrogen-bond acceptors (Lipinski definition) is 9. The summed E-state index contributed by atoms with van der Waals surface area (Å²) in [7, 11) is 1.55. The number of nitrogens with zero attached hydrogens (tertiary/aromatic N) is 3. The number of para-hydroxylation sites is 1. The largest absolute Gasteiger partial charge is 0.493 e. The van der Waals surface area contributed by atoms with Crippen molar-refractivity contribution >= 4 is 34.7 Å². The smallest absolute Gasteiger partial charge is 0.338 e. The third-order valence-corrected chi connectivity index (χ3v) is 8.26. The maximum Gasteiger partial charge on any atom is 0.338 e. The first kappa shape index (κ1) is 27.1. The van der Waals surface area contributed by atoms with Gasteiger partial charge in [-0.2, -0.15) is 5.26 Å². The summed E-state index contributed by atoms with van der Waals surface area (Å²) in [6.45, 7) is 3.87. The molecule has 0 radical (unpaired) electrons. The van der Waals surface area contributed by atoms with Gasteiger partial charge in [0.25, 0.3) is 5.56 Å². The summed E-state index contributed by atoms with van der Waals surface area (Å²) in [6.07, 6.45) is 1.74. The highest BCUT2D eigenvalue weighted by Gasteiger charge is 2.34. The van der Waals surface area contributed by atoms with Gasteiger partial charge in [0.05, 0.1) is 41.2 Å². The lowest BCUT2D eigenvalue weighted by Gasteiger charge is -2.23. The number of allylic oxidation sites excluding steroid dienone is 1. The Bertz CT molecular complexity index is 1830. The van der Waals surface area contributed by atoms with Gasteiger partial charge in [-0.25, -0.2) is 9.79 Å². The van der Waals surface area contributed by atoms with Gasteiger partial charge in [-0.05, 0) is 43.5 Å². The molecule has 0 unspecified atom stereocenters. The van der Waals surface area contributed by atoms with Crippen LogP contribution in [0.25, 0.3) is 6.08 Å². The third-order valence-electron chi connectivity index (χ3n) is 6.36. The van der Waals surface area contributed by atoms with Gasteiger partial charge < -0.3 is 14.2 Å². The lowest BCUT2D eigenvalue weighted by molar-refractivity contribution is -0.139. The highest BCUT2D eigenvalue weighted by atomic mass is 32.1. The predicted molar refractivity (Wildman–Crippen MR) is 153 cm³/mol. The molecule has 0 aliphatic carbocycles. The average molecular weight is 572 g/mol. The maximum absolute atomic E-state index is 13.9. The van der Waals surface area contributed by atoms with Crippen LogP contribution in [0.1, 0.15) is 41.5 Å². The van der Waals surface area contributed by atoms with E-state index in [0.717, 1.165) is 10.4 Å². The van der Waals surface area contributed by atoms with E-state index in [1.54, 1.807) is 49.8 Å². The molecule has 1 atom stereocenters. The number of esters is 1. The molecule has 0 amide bonds. The van der Waals surface area contributed by atoms with Crippen molar-refractivity contribution in [3.8, 4) is 17.6 Å². The lowest BCUT2D eigenvalue weighted by Crippen LogP contribution is -2.39. The maximum atomic E-state index is 13.9. The highest BCUT2D eigenvalue weighted by Crippen LogP contribution is 2.34. The van der Waals surface area contributed by atoms with E-state index in [4.69, 9.17) is 14.2 Å². The summed E-state index contributed by atoms with van der Waals surface area (Å²) >= 11 is 2.70. The van der Waals surface area contributed by atoms with Crippen molar-refractivity contribution in [2.75, 3.05) is 13.7 Å². The molecule has 0 saturated carbocycles. The number of benzene rings is 2. The van der Waals surface area contributed by atoms with E-state index < -0.39 is 12.0 Å². The summed E-state index contributed by atoms with van der Waals surface area (Å²) in [4.78, 5) is 32.8.